The normalized spacial score (nSPS) is 23.1. The van der Waals surface area contributed by atoms with Crippen molar-refractivity contribution in [2.75, 3.05) is 26.8 Å². The van der Waals surface area contributed by atoms with Gasteiger partial charge in [-0.15, -0.1) is 0 Å². The minimum Gasteiger partial charge on any atom is -0.383 e. The molecule has 3 rings (SSSR count). The average molecular weight is 331 g/mol. The fourth-order valence-electron chi connectivity index (χ4n) is 3.94. The van der Waals surface area contributed by atoms with Gasteiger partial charge in [0.2, 0.25) is 5.91 Å². The predicted molar refractivity (Wildman–Crippen MR) is 93.7 cm³/mol. The van der Waals surface area contributed by atoms with Gasteiger partial charge in [-0.3, -0.25) is 9.48 Å². The Morgan fingerprint density at radius 3 is 3.04 bits per heavy atom. The second-order valence-corrected chi connectivity index (χ2v) is 7.11. The topological polar surface area (TPSA) is 47.4 Å². The molecular formula is C19H29N3O2. The summed E-state index contributed by atoms with van der Waals surface area (Å²) in [7, 11) is 3.68. The molecule has 0 saturated carbocycles. The molecule has 1 aromatic rings. The van der Waals surface area contributed by atoms with Gasteiger partial charge in [0.25, 0.3) is 0 Å². The number of carbonyl (C=O) groups excluding carboxylic acids is 1. The number of nitrogens with zero attached hydrogens (tertiary/aromatic N) is 3. The first kappa shape index (κ1) is 17.2. The zero-order valence-corrected chi connectivity index (χ0v) is 14.9. The van der Waals surface area contributed by atoms with E-state index < -0.39 is 0 Å². The van der Waals surface area contributed by atoms with Crippen LogP contribution in [0.1, 0.15) is 36.9 Å². The first-order valence-corrected chi connectivity index (χ1v) is 9.11. The van der Waals surface area contributed by atoms with E-state index in [-0.39, 0.29) is 5.92 Å². The van der Waals surface area contributed by atoms with Crippen molar-refractivity contribution in [1.82, 2.24) is 14.7 Å². The number of ether oxygens (including phenoxy) is 1. The van der Waals surface area contributed by atoms with Gasteiger partial charge >= 0.3 is 0 Å². The van der Waals surface area contributed by atoms with Crippen LogP contribution in [0.15, 0.2) is 18.3 Å². The Balaban J connectivity index is 1.66. The van der Waals surface area contributed by atoms with E-state index in [1.165, 1.54) is 17.7 Å². The van der Waals surface area contributed by atoms with Gasteiger partial charge < -0.3 is 9.64 Å². The number of aryl methyl sites for hydroxylation is 2. The first-order valence-electron chi connectivity index (χ1n) is 9.11. The van der Waals surface area contributed by atoms with Crippen molar-refractivity contribution in [3.8, 4) is 0 Å². The Labute approximate surface area is 144 Å². The van der Waals surface area contributed by atoms with Gasteiger partial charge in [0, 0.05) is 45.3 Å². The minimum atomic E-state index is 0.0869. The van der Waals surface area contributed by atoms with Gasteiger partial charge in [-0.2, -0.15) is 5.10 Å². The molecule has 0 aliphatic heterocycles. The molecule has 0 fully saturated rings. The molecule has 0 saturated heterocycles. The highest BCUT2D eigenvalue weighted by Gasteiger charge is 2.31. The average Bonchev–Trinajstić information content (AvgIpc) is 2.99. The van der Waals surface area contributed by atoms with Crippen LogP contribution in [0.4, 0.5) is 0 Å². The zero-order valence-electron chi connectivity index (χ0n) is 14.9. The number of carbonyl (C=O) groups is 1. The Kier molecular flexibility index (Phi) is 5.72. The molecule has 132 valence electrons. The number of hydrogen-bond donors (Lipinski definition) is 0. The second-order valence-electron chi connectivity index (χ2n) is 7.11. The molecule has 5 heteroatoms. The van der Waals surface area contributed by atoms with Crippen LogP contribution in [0, 0.1) is 11.8 Å². The van der Waals surface area contributed by atoms with Crippen LogP contribution < -0.4 is 0 Å². The summed E-state index contributed by atoms with van der Waals surface area (Å²) < 4.78 is 7.17. The van der Waals surface area contributed by atoms with Gasteiger partial charge in [-0.25, -0.2) is 0 Å². The number of rotatable bonds is 6. The van der Waals surface area contributed by atoms with Crippen molar-refractivity contribution >= 4 is 5.91 Å². The van der Waals surface area contributed by atoms with E-state index in [0.717, 1.165) is 38.6 Å². The molecule has 24 heavy (non-hydrogen) atoms. The Morgan fingerprint density at radius 1 is 1.42 bits per heavy atom. The van der Waals surface area contributed by atoms with Crippen LogP contribution in [-0.2, 0) is 29.4 Å². The van der Waals surface area contributed by atoms with Crippen LogP contribution in [0.25, 0.3) is 0 Å². The number of aromatic nitrogens is 2. The summed E-state index contributed by atoms with van der Waals surface area (Å²) in [5, 5.41) is 4.34. The Hall–Kier alpha value is -1.62. The lowest BCUT2D eigenvalue weighted by Gasteiger charge is -2.32. The number of fused-ring (bicyclic) bond motifs is 1. The van der Waals surface area contributed by atoms with Crippen molar-refractivity contribution < 1.29 is 9.53 Å². The summed E-state index contributed by atoms with van der Waals surface area (Å²) in [5.74, 6) is 0.976. The highest BCUT2D eigenvalue weighted by Crippen LogP contribution is 2.27. The number of methoxy groups -OCH3 is 1. The largest absolute Gasteiger partial charge is 0.383 e. The number of amides is 1. The molecule has 0 spiro atoms. The number of hydrogen-bond acceptors (Lipinski definition) is 3. The van der Waals surface area contributed by atoms with Gasteiger partial charge in [0.15, 0.2) is 0 Å². The third kappa shape index (κ3) is 3.89. The van der Waals surface area contributed by atoms with E-state index in [1.54, 1.807) is 7.11 Å². The maximum atomic E-state index is 13.1. The molecule has 2 aliphatic rings. The number of allylic oxidation sites excluding steroid dienone is 2. The smallest absolute Gasteiger partial charge is 0.226 e. The van der Waals surface area contributed by atoms with Crippen molar-refractivity contribution in [2.24, 2.45) is 18.9 Å². The fraction of sp³-hybridized carbons (Fsp3) is 0.684. The van der Waals surface area contributed by atoms with Crippen LogP contribution in [0.5, 0.6) is 0 Å². The molecule has 0 aromatic carbocycles. The van der Waals surface area contributed by atoms with E-state index in [9.17, 15) is 4.79 Å². The molecule has 0 N–H and O–H groups in total. The third-order valence-electron chi connectivity index (χ3n) is 5.43. The molecule has 1 heterocycles. The minimum absolute atomic E-state index is 0.0869. The van der Waals surface area contributed by atoms with Crippen LogP contribution in [0.3, 0.4) is 0 Å². The SMILES string of the molecule is COCCN(C[C@@H]1CC=CCC1)C(=O)[C@@H]1CCc2cnn(C)c2C1. The van der Waals surface area contributed by atoms with E-state index in [4.69, 9.17) is 4.74 Å². The second kappa shape index (κ2) is 7.97. The summed E-state index contributed by atoms with van der Waals surface area (Å²) >= 11 is 0. The molecule has 0 radical (unpaired) electrons. The first-order chi connectivity index (χ1) is 11.7. The molecule has 0 unspecified atom stereocenters. The highest BCUT2D eigenvalue weighted by atomic mass is 16.5. The Morgan fingerprint density at radius 2 is 2.29 bits per heavy atom. The van der Waals surface area contributed by atoms with E-state index in [0.29, 0.717) is 25.0 Å². The van der Waals surface area contributed by atoms with Gasteiger partial charge in [0.05, 0.1) is 12.8 Å². The molecule has 2 aliphatic carbocycles. The molecular weight excluding hydrogens is 302 g/mol. The van der Waals surface area contributed by atoms with Crippen LogP contribution >= 0.6 is 0 Å². The van der Waals surface area contributed by atoms with E-state index in [1.807, 2.05) is 17.9 Å². The summed E-state index contributed by atoms with van der Waals surface area (Å²) in [6, 6.07) is 0. The van der Waals surface area contributed by atoms with Gasteiger partial charge in [-0.05, 0) is 43.6 Å². The van der Waals surface area contributed by atoms with Crippen LogP contribution in [0.2, 0.25) is 0 Å². The summed E-state index contributed by atoms with van der Waals surface area (Å²) in [5.41, 5.74) is 2.54. The maximum Gasteiger partial charge on any atom is 0.226 e. The van der Waals surface area contributed by atoms with Gasteiger partial charge in [-0.1, -0.05) is 12.2 Å². The maximum absolute atomic E-state index is 13.1. The van der Waals surface area contributed by atoms with Crippen molar-refractivity contribution in [3.63, 3.8) is 0 Å². The zero-order chi connectivity index (χ0) is 16.9. The lowest BCUT2D eigenvalue weighted by molar-refractivity contribution is -0.137. The summed E-state index contributed by atoms with van der Waals surface area (Å²) in [4.78, 5) is 15.2. The third-order valence-corrected chi connectivity index (χ3v) is 5.43. The van der Waals surface area contributed by atoms with Crippen molar-refractivity contribution in [2.45, 2.75) is 38.5 Å². The van der Waals surface area contributed by atoms with E-state index >= 15 is 0 Å². The van der Waals surface area contributed by atoms with Crippen LogP contribution in [-0.4, -0.2) is 47.4 Å². The molecule has 2 atom stereocenters. The lowest BCUT2D eigenvalue weighted by Crippen LogP contribution is -2.43. The predicted octanol–water partition coefficient (Wildman–Crippen LogP) is 2.36. The summed E-state index contributed by atoms with van der Waals surface area (Å²) in [6.07, 6.45) is 12.6. The monoisotopic (exact) mass is 331 g/mol. The summed E-state index contributed by atoms with van der Waals surface area (Å²) in [6.45, 7) is 2.17. The molecule has 1 amide bonds. The molecule has 5 nitrogen and oxygen atoms in total. The molecule has 1 aromatic heterocycles. The quantitative estimate of drug-likeness (QED) is 0.752. The molecule has 0 bridgehead atoms. The van der Waals surface area contributed by atoms with Crippen molar-refractivity contribution in [1.29, 1.82) is 0 Å². The highest BCUT2D eigenvalue weighted by molar-refractivity contribution is 5.79. The Bertz CT molecular complexity index is 593. The fourth-order valence-corrected chi connectivity index (χ4v) is 3.94. The van der Waals surface area contributed by atoms with E-state index in [2.05, 4.69) is 22.2 Å². The lowest BCUT2D eigenvalue weighted by atomic mass is 9.86. The van der Waals surface area contributed by atoms with Gasteiger partial charge in [0.1, 0.15) is 0 Å². The van der Waals surface area contributed by atoms with Crippen molar-refractivity contribution in [3.05, 3.63) is 29.6 Å². The standard InChI is InChI=1S/C19H29N3O2/c1-21-18-12-16(8-9-17(18)13-20-21)19(23)22(10-11-24-2)14-15-6-4-3-5-7-15/h3-4,13,15-16H,5-12,14H2,1-2H3/t15-,16-/m1/s1.